The van der Waals surface area contributed by atoms with Crippen molar-refractivity contribution in [1.29, 1.82) is 0 Å². The Morgan fingerprint density at radius 2 is 2.00 bits per heavy atom. The molecule has 0 atom stereocenters. The van der Waals surface area contributed by atoms with Gasteiger partial charge in [0.05, 0.1) is 0 Å². The third-order valence-electron chi connectivity index (χ3n) is 3.86. The molecule has 0 unspecified atom stereocenters. The van der Waals surface area contributed by atoms with Crippen molar-refractivity contribution in [2.45, 2.75) is 64.2 Å². The van der Waals surface area contributed by atoms with Crippen molar-refractivity contribution in [2.75, 3.05) is 13.1 Å². The highest BCUT2D eigenvalue weighted by atomic mass is 32.1. The minimum atomic E-state index is 0.330. The molecule has 102 valence electrons. The average Bonchev–Trinajstić information content (AvgIpc) is 2.99. The van der Waals surface area contributed by atoms with Gasteiger partial charge in [-0.3, -0.25) is 0 Å². The van der Waals surface area contributed by atoms with E-state index in [1.165, 1.54) is 48.5 Å². The Balaban J connectivity index is 1.79. The van der Waals surface area contributed by atoms with Crippen LogP contribution in [0.15, 0.2) is 0 Å². The third kappa shape index (κ3) is 3.51. The van der Waals surface area contributed by atoms with Gasteiger partial charge in [0, 0.05) is 11.8 Å². The molecule has 1 heterocycles. The second-order valence-electron chi connectivity index (χ2n) is 5.62. The van der Waals surface area contributed by atoms with Crippen molar-refractivity contribution in [3.63, 3.8) is 0 Å². The van der Waals surface area contributed by atoms with Crippen LogP contribution in [0, 0.1) is 0 Å². The molecule has 3 nitrogen and oxygen atoms in total. The molecule has 0 spiro atoms. The molecule has 0 amide bonds. The number of aryl methyl sites for hydroxylation is 1. The first-order chi connectivity index (χ1) is 8.74. The molecular formula is C14H25N3S. The Morgan fingerprint density at radius 3 is 2.72 bits per heavy atom. The molecule has 2 rings (SSSR count). The molecule has 0 bridgehead atoms. The lowest BCUT2D eigenvalue weighted by Crippen LogP contribution is -2.16. The van der Waals surface area contributed by atoms with Crippen LogP contribution in [0.2, 0.25) is 0 Å². The van der Waals surface area contributed by atoms with Crippen LogP contribution in [0.1, 0.15) is 62.4 Å². The summed E-state index contributed by atoms with van der Waals surface area (Å²) in [6, 6.07) is 0. The van der Waals surface area contributed by atoms with Crippen LogP contribution >= 0.6 is 11.3 Å². The minimum Gasteiger partial charge on any atom is -0.317 e. The van der Waals surface area contributed by atoms with E-state index in [1.54, 1.807) is 0 Å². The Bertz CT molecular complexity index is 356. The Kier molecular flexibility index (Phi) is 5.13. The van der Waals surface area contributed by atoms with E-state index >= 15 is 0 Å². The number of nitrogens with zero attached hydrogens (tertiary/aromatic N) is 2. The van der Waals surface area contributed by atoms with Gasteiger partial charge in [-0.25, -0.2) is 0 Å². The standard InChI is InChI=1S/C14H25N3S/c1-3-10-15-11-6-7-12-16-17-13(18-12)14(2)8-4-5-9-14/h15H,3-11H2,1-2H3. The maximum absolute atomic E-state index is 4.43. The predicted molar refractivity (Wildman–Crippen MR) is 77.2 cm³/mol. The van der Waals surface area contributed by atoms with E-state index in [4.69, 9.17) is 0 Å². The van der Waals surface area contributed by atoms with Crippen LogP contribution in [0.4, 0.5) is 0 Å². The topological polar surface area (TPSA) is 37.8 Å². The van der Waals surface area contributed by atoms with Gasteiger partial charge in [0.2, 0.25) is 0 Å². The minimum absolute atomic E-state index is 0.330. The fourth-order valence-electron chi connectivity index (χ4n) is 2.63. The quantitative estimate of drug-likeness (QED) is 0.770. The summed E-state index contributed by atoms with van der Waals surface area (Å²) in [5, 5.41) is 14.7. The van der Waals surface area contributed by atoms with E-state index in [1.807, 2.05) is 11.3 Å². The van der Waals surface area contributed by atoms with Crippen molar-refractivity contribution in [1.82, 2.24) is 15.5 Å². The van der Waals surface area contributed by atoms with E-state index in [0.29, 0.717) is 5.41 Å². The lowest BCUT2D eigenvalue weighted by Gasteiger charge is -2.18. The maximum Gasteiger partial charge on any atom is 0.123 e. The van der Waals surface area contributed by atoms with Crippen LogP contribution in [-0.2, 0) is 11.8 Å². The fraction of sp³-hybridized carbons (Fsp3) is 0.857. The van der Waals surface area contributed by atoms with Crippen LogP contribution in [0.5, 0.6) is 0 Å². The number of nitrogens with one attached hydrogen (secondary N) is 1. The molecule has 1 saturated carbocycles. The molecular weight excluding hydrogens is 242 g/mol. The van der Waals surface area contributed by atoms with Gasteiger partial charge in [-0.15, -0.1) is 21.5 Å². The molecule has 4 heteroatoms. The number of hydrogen-bond donors (Lipinski definition) is 1. The van der Waals surface area contributed by atoms with Crippen LogP contribution in [-0.4, -0.2) is 23.3 Å². The number of aromatic nitrogens is 2. The van der Waals surface area contributed by atoms with Crippen molar-refractivity contribution in [3.05, 3.63) is 10.0 Å². The second-order valence-corrected chi connectivity index (χ2v) is 6.68. The van der Waals surface area contributed by atoms with Gasteiger partial charge >= 0.3 is 0 Å². The van der Waals surface area contributed by atoms with Crippen LogP contribution in [0.25, 0.3) is 0 Å². The largest absolute Gasteiger partial charge is 0.317 e. The van der Waals surface area contributed by atoms with E-state index in [2.05, 4.69) is 29.4 Å². The SMILES string of the molecule is CCCNCCCc1nnc(C2(C)CCCC2)s1. The third-order valence-corrected chi connectivity index (χ3v) is 5.15. The summed E-state index contributed by atoms with van der Waals surface area (Å²) in [5.74, 6) is 0. The van der Waals surface area contributed by atoms with Gasteiger partial charge in [0.15, 0.2) is 0 Å². The molecule has 0 aliphatic heterocycles. The van der Waals surface area contributed by atoms with Crippen molar-refractivity contribution >= 4 is 11.3 Å². The summed E-state index contributed by atoms with van der Waals surface area (Å²) in [6.07, 6.45) is 8.75. The summed E-state index contributed by atoms with van der Waals surface area (Å²) in [7, 11) is 0. The monoisotopic (exact) mass is 267 g/mol. The molecule has 1 N–H and O–H groups in total. The molecule has 1 aliphatic rings. The van der Waals surface area contributed by atoms with Crippen molar-refractivity contribution < 1.29 is 0 Å². The van der Waals surface area contributed by atoms with Crippen molar-refractivity contribution in [2.24, 2.45) is 0 Å². The zero-order valence-electron chi connectivity index (χ0n) is 11.7. The molecule has 1 aliphatic carbocycles. The van der Waals surface area contributed by atoms with Crippen LogP contribution < -0.4 is 5.32 Å². The first-order valence-corrected chi connectivity index (χ1v) is 8.10. The van der Waals surface area contributed by atoms with Gasteiger partial charge in [-0.05, 0) is 38.8 Å². The summed E-state index contributed by atoms with van der Waals surface area (Å²) in [4.78, 5) is 0. The second kappa shape index (κ2) is 6.62. The lowest BCUT2D eigenvalue weighted by atomic mass is 9.90. The number of hydrogen-bond acceptors (Lipinski definition) is 4. The van der Waals surface area contributed by atoms with Gasteiger partial charge in [0.25, 0.3) is 0 Å². The maximum atomic E-state index is 4.43. The lowest BCUT2D eigenvalue weighted by molar-refractivity contribution is 0.484. The Morgan fingerprint density at radius 1 is 1.22 bits per heavy atom. The molecule has 0 radical (unpaired) electrons. The van der Waals surface area contributed by atoms with E-state index in [0.717, 1.165) is 19.5 Å². The first kappa shape index (κ1) is 13.9. The van der Waals surface area contributed by atoms with Gasteiger partial charge in [-0.1, -0.05) is 26.7 Å². The zero-order valence-corrected chi connectivity index (χ0v) is 12.5. The van der Waals surface area contributed by atoms with E-state index < -0.39 is 0 Å². The molecule has 1 aromatic heterocycles. The molecule has 0 aromatic carbocycles. The highest BCUT2D eigenvalue weighted by molar-refractivity contribution is 7.11. The van der Waals surface area contributed by atoms with Gasteiger partial charge in [0.1, 0.15) is 10.0 Å². The molecule has 0 saturated heterocycles. The predicted octanol–water partition coefficient (Wildman–Crippen LogP) is 3.30. The molecule has 18 heavy (non-hydrogen) atoms. The average molecular weight is 267 g/mol. The molecule has 1 fully saturated rings. The Labute approximate surface area is 114 Å². The smallest absolute Gasteiger partial charge is 0.123 e. The highest BCUT2D eigenvalue weighted by Crippen LogP contribution is 2.41. The van der Waals surface area contributed by atoms with Gasteiger partial charge < -0.3 is 5.32 Å². The van der Waals surface area contributed by atoms with Crippen molar-refractivity contribution in [3.8, 4) is 0 Å². The van der Waals surface area contributed by atoms with Gasteiger partial charge in [-0.2, -0.15) is 0 Å². The number of rotatable bonds is 7. The zero-order chi connectivity index (χ0) is 12.8. The summed E-state index contributed by atoms with van der Waals surface area (Å²) < 4.78 is 0. The fourth-order valence-corrected chi connectivity index (χ4v) is 3.72. The molecule has 1 aromatic rings. The normalized spacial score (nSPS) is 18.3. The highest BCUT2D eigenvalue weighted by Gasteiger charge is 2.33. The van der Waals surface area contributed by atoms with E-state index in [9.17, 15) is 0 Å². The Hall–Kier alpha value is -0.480. The summed E-state index contributed by atoms with van der Waals surface area (Å²) in [6.45, 7) is 6.78. The first-order valence-electron chi connectivity index (χ1n) is 7.28. The van der Waals surface area contributed by atoms with E-state index in [-0.39, 0.29) is 0 Å². The summed E-state index contributed by atoms with van der Waals surface area (Å²) >= 11 is 1.84. The van der Waals surface area contributed by atoms with Crippen LogP contribution in [0.3, 0.4) is 0 Å². The summed E-state index contributed by atoms with van der Waals surface area (Å²) in [5.41, 5.74) is 0.330.